The number of nitrogens with one attached hydrogen (secondary N) is 1. The van der Waals surface area contributed by atoms with Crippen LogP contribution in [0.5, 0.6) is 0 Å². The molecule has 1 aliphatic carbocycles. The van der Waals surface area contributed by atoms with Crippen molar-refractivity contribution < 1.29 is 50.6 Å². The maximum absolute atomic E-state index is 16.2. The molecule has 290 valence electrons. The Morgan fingerprint density at radius 1 is 1.04 bits per heavy atom. The van der Waals surface area contributed by atoms with Gasteiger partial charge >= 0.3 is 15.6 Å². The fourth-order valence-electron chi connectivity index (χ4n) is 6.73. The molecule has 2 aliphatic heterocycles. The van der Waals surface area contributed by atoms with E-state index in [2.05, 4.69) is 29.9 Å². The van der Waals surface area contributed by atoms with E-state index in [-0.39, 0.29) is 45.6 Å². The summed E-state index contributed by atoms with van der Waals surface area (Å²) in [5, 5.41) is -0.365. The predicted octanol–water partition coefficient (Wildman–Crippen LogP) is 2.72. The summed E-state index contributed by atoms with van der Waals surface area (Å²) in [6, 6.07) is -0.799. The highest BCUT2D eigenvalue weighted by Crippen LogP contribution is 2.60. The third-order valence-electron chi connectivity index (χ3n) is 10.5. The van der Waals surface area contributed by atoms with Crippen molar-refractivity contribution in [2.45, 2.75) is 95.1 Å². The van der Waals surface area contributed by atoms with E-state index >= 15 is 4.39 Å². The minimum atomic E-state index is -5.11. The zero-order chi connectivity index (χ0) is 38.5. The van der Waals surface area contributed by atoms with Crippen molar-refractivity contribution in [3.8, 4) is 0 Å². The minimum absolute atomic E-state index is 0.0124. The lowest BCUT2D eigenvalue weighted by Gasteiger charge is -2.42. The van der Waals surface area contributed by atoms with E-state index in [1.54, 1.807) is 11.5 Å². The average molecular weight is 803 g/mol. The minimum Gasteiger partial charge on any atom is -0.409 e. The Morgan fingerprint density at radius 2 is 1.72 bits per heavy atom. The van der Waals surface area contributed by atoms with Crippen LogP contribution >= 0.6 is 15.6 Å². The molecule has 53 heavy (non-hydrogen) atoms. The molecule has 7 N–H and O–H groups in total. The van der Waals surface area contributed by atoms with Gasteiger partial charge in [-0.1, -0.05) is 27.7 Å². The first kappa shape index (κ1) is 38.1. The lowest BCUT2D eigenvalue weighted by molar-refractivity contribution is -0.0699. The number of nitrogen functional groups attached to an aromatic ring is 2. The van der Waals surface area contributed by atoms with Crippen LogP contribution in [-0.4, -0.2) is 101 Å². The van der Waals surface area contributed by atoms with Crippen molar-refractivity contribution in [2.24, 2.45) is 5.41 Å². The summed E-state index contributed by atoms with van der Waals surface area (Å²) >= 11 is 0. The first-order chi connectivity index (χ1) is 24.6. The first-order valence-corrected chi connectivity index (χ1v) is 22.4. The molecule has 21 nitrogen and oxygen atoms in total. The maximum Gasteiger partial charge on any atom is 0.472 e. The van der Waals surface area contributed by atoms with Crippen LogP contribution in [0.1, 0.15) is 46.4 Å². The van der Waals surface area contributed by atoms with Gasteiger partial charge in [0.15, 0.2) is 43.3 Å². The zero-order valence-corrected chi connectivity index (χ0v) is 32.3. The van der Waals surface area contributed by atoms with Gasteiger partial charge in [-0.05, 0) is 24.6 Å². The SMILES string of the molecule is CC(C)(C)[Si](C)(C)OC1[C@H](n2cnc3c(=O)[nH]c(N)nc32)C[C@]2(C)COP(=O)(O)O[C@H]3[C@@H](F)[C@H](n4cnc5c(N)ncnc54)O[C@@H]3COP(=O)(O)O[C@@H]12. The van der Waals surface area contributed by atoms with Crippen molar-refractivity contribution in [3.63, 3.8) is 0 Å². The molecule has 0 radical (unpaired) electrons. The third kappa shape index (κ3) is 6.86. The van der Waals surface area contributed by atoms with Crippen LogP contribution in [0.3, 0.4) is 0 Å². The summed E-state index contributed by atoms with van der Waals surface area (Å²) in [6.07, 6.45) is -5.78. The highest BCUT2D eigenvalue weighted by atomic mass is 31.2. The lowest BCUT2D eigenvalue weighted by atomic mass is 9.87. The van der Waals surface area contributed by atoms with Gasteiger partial charge in [0.2, 0.25) is 5.95 Å². The average Bonchev–Trinajstić information content (AvgIpc) is 3.80. The van der Waals surface area contributed by atoms with E-state index in [1.807, 2.05) is 33.9 Å². The monoisotopic (exact) mass is 802 g/mol. The number of phosphoric ester groups is 2. The number of imidazole rings is 2. The standard InChI is InChI=1S/C28H41FN10O11P2Si/c1-27(2,3)53(5,6)50-18-13(38-11-35-17-23(38)36-26(31)37-24(17)40)7-28(4)9-46-52(43,44)48-19-14(8-45-51(41,42)49-20(18)28)47-25(15(19)29)39-12-34-16-21(30)32-10-33-22(16)39/h10-15,18-20,25H,7-9H2,1-6H3,(H,41,42)(H,43,44)(H2,30,32,33)(H3,31,36,37,40)/t13-,14-,15-,18?,19-,20+,25-,28-/m1/s1. The number of aromatic nitrogens is 8. The second-order valence-corrected chi connectivity index (χ2v) is 22.8. The Kier molecular flexibility index (Phi) is 9.30. The molecule has 1 saturated carbocycles. The summed E-state index contributed by atoms with van der Waals surface area (Å²) in [7, 11) is -12.9. The van der Waals surface area contributed by atoms with Gasteiger partial charge in [0.1, 0.15) is 30.2 Å². The van der Waals surface area contributed by atoms with Crippen molar-refractivity contribution in [2.75, 3.05) is 24.7 Å². The third-order valence-corrected chi connectivity index (χ3v) is 16.9. The first-order valence-electron chi connectivity index (χ1n) is 16.5. The van der Waals surface area contributed by atoms with Crippen molar-refractivity contribution in [1.82, 2.24) is 39.0 Å². The van der Waals surface area contributed by atoms with Crippen molar-refractivity contribution in [1.29, 1.82) is 0 Å². The Balaban J connectivity index is 1.26. The molecule has 2 saturated heterocycles. The van der Waals surface area contributed by atoms with Gasteiger partial charge in [-0.3, -0.25) is 32.4 Å². The number of ether oxygens (including phenoxy) is 1. The summed E-state index contributed by atoms with van der Waals surface area (Å²) in [6.45, 7) is 10.1. The Bertz CT molecular complexity index is 2220. The van der Waals surface area contributed by atoms with Gasteiger partial charge in [-0.15, -0.1) is 0 Å². The number of alkyl halides is 1. The Hall–Kier alpha value is -3.21. The van der Waals surface area contributed by atoms with Crippen LogP contribution in [0.15, 0.2) is 23.8 Å². The van der Waals surface area contributed by atoms with E-state index < -0.39 is 91.0 Å². The van der Waals surface area contributed by atoms with Gasteiger partial charge < -0.3 is 35.0 Å². The van der Waals surface area contributed by atoms with Crippen LogP contribution in [0.2, 0.25) is 18.1 Å². The van der Waals surface area contributed by atoms with E-state index in [9.17, 15) is 23.7 Å². The molecule has 3 fully saturated rings. The topological polar surface area (TPSA) is 289 Å². The molecule has 4 aromatic rings. The lowest BCUT2D eigenvalue weighted by Crippen LogP contribution is -2.50. The predicted molar refractivity (Wildman–Crippen MR) is 186 cm³/mol. The number of hydrogen-bond acceptors (Lipinski definition) is 16. The number of phosphoric acid groups is 2. The van der Waals surface area contributed by atoms with Crippen molar-refractivity contribution in [3.05, 3.63) is 29.3 Å². The summed E-state index contributed by atoms with van der Waals surface area (Å²) in [5.74, 6) is -0.153. The molecule has 25 heteroatoms. The van der Waals surface area contributed by atoms with E-state index in [0.717, 1.165) is 6.33 Å². The molecule has 3 unspecified atom stereocenters. The zero-order valence-electron chi connectivity index (χ0n) is 29.5. The quantitative estimate of drug-likeness (QED) is 0.146. The molecular formula is C28H41FN10O11P2Si. The number of fused-ring (bicyclic) bond motifs is 4. The second-order valence-electron chi connectivity index (χ2n) is 15.2. The summed E-state index contributed by atoms with van der Waals surface area (Å²) in [4.78, 5) is 58.0. The molecule has 0 amide bonds. The van der Waals surface area contributed by atoms with Gasteiger partial charge in [0.25, 0.3) is 5.56 Å². The number of aromatic amines is 1. The van der Waals surface area contributed by atoms with Crippen LogP contribution in [0.25, 0.3) is 22.3 Å². The van der Waals surface area contributed by atoms with E-state index in [1.165, 1.54) is 17.2 Å². The molecule has 6 heterocycles. The number of H-pyrrole nitrogens is 1. The number of anilines is 2. The molecule has 10 atom stereocenters. The van der Waals surface area contributed by atoms with Crippen LogP contribution < -0.4 is 17.0 Å². The van der Waals surface area contributed by atoms with E-state index in [0.29, 0.717) is 0 Å². The number of nitrogens with two attached hydrogens (primary N) is 2. The summed E-state index contributed by atoms with van der Waals surface area (Å²) in [5.41, 5.74) is 10.1. The van der Waals surface area contributed by atoms with Gasteiger partial charge in [0, 0.05) is 5.41 Å². The fourth-order valence-corrected chi connectivity index (χ4v) is 10.2. The highest BCUT2D eigenvalue weighted by Gasteiger charge is 2.60. The number of rotatable bonds is 4. The molecule has 0 bridgehead atoms. The van der Waals surface area contributed by atoms with Gasteiger partial charge in [-0.25, -0.2) is 33.5 Å². The molecule has 0 aromatic carbocycles. The second kappa shape index (κ2) is 12.9. The largest absolute Gasteiger partial charge is 0.472 e. The highest BCUT2D eigenvalue weighted by molar-refractivity contribution is 7.47. The van der Waals surface area contributed by atoms with Gasteiger partial charge in [-0.2, -0.15) is 4.98 Å². The Morgan fingerprint density at radius 3 is 2.43 bits per heavy atom. The van der Waals surface area contributed by atoms with Crippen LogP contribution in [-0.2, 0) is 36.4 Å². The van der Waals surface area contributed by atoms with Crippen LogP contribution in [0.4, 0.5) is 16.2 Å². The Labute approximate surface area is 301 Å². The number of nitrogens with zero attached hydrogens (tertiary/aromatic N) is 7. The summed E-state index contributed by atoms with van der Waals surface area (Å²) < 4.78 is 81.6. The van der Waals surface area contributed by atoms with E-state index in [4.69, 9.17) is 38.7 Å². The molecule has 4 aromatic heterocycles. The van der Waals surface area contributed by atoms with Crippen molar-refractivity contribution >= 4 is 58.1 Å². The molecule has 3 aliphatic rings. The number of halogens is 1. The number of hydrogen-bond donors (Lipinski definition) is 5. The fraction of sp³-hybridized carbons (Fsp3) is 0.643. The molecule has 7 rings (SSSR count). The van der Waals surface area contributed by atoms with Gasteiger partial charge in [0.05, 0.1) is 38.0 Å². The van der Waals surface area contributed by atoms with Crippen LogP contribution in [0, 0.1) is 5.41 Å². The maximum atomic E-state index is 16.2. The smallest absolute Gasteiger partial charge is 0.409 e. The molecule has 0 spiro atoms. The molecular weight excluding hydrogens is 761 g/mol. The normalized spacial score (nSPS) is 35.9.